The third-order valence-electron chi connectivity index (χ3n) is 2.34. The van der Waals surface area contributed by atoms with Crippen LogP contribution in [0, 0.1) is 0 Å². The van der Waals surface area contributed by atoms with Crippen molar-refractivity contribution in [1.29, 1.82) is 0 Å². The molecule has 0 bridgehead atoms. The molecular weight excluding hydrogens is 277 g/mol. The highest BCUT2D eigenvalue weighted by molar-refractivity contribution is 6.42. The van der Waals surface area contributed by atoms with Gasteiger partial charge >= 0.3 is 5.97 Å². The van der Waals surface area contributed by atoms with E-state index in [4.69, 9.17) is 28.3 Å². The van der Waals surface area contributed by atoms with Gasteiger partial charge in [0.05, 0.1) is 16.5 Å². The Balaban J connectivity index is 2.71. The molecular formula is C12H13Cl2NO3. The van der Waals surface area contributed by atoms with Gasteiger partial charge in [0, 0.05) is 0 Å². The molecule has 0 spiro atoms. The predicted molar refractivity (Wildman–Crippen MR) is 70.0 cm³/mol. The maximum absolute atomic E-state index is 11.7. The lowest BCUT2D eigenvalue weighted by atomic mass is 10.1. The molecule has 2 N–H and O–H groups in total. The smallest absolute Gasteiger partial charge is 0.328 e. The molecule has 0 aliphatic rings. The number of amides is 1. The Morgan fingerprint density at radius 3 is 2.39 bits per heavy atom. The molecule has 0 saturated carbocycles. The minimum absolute atomic E-state index is 0.0492. The summed E-state index contributed by atoms with van der Waals surface area (Å²) in [4.78, 5) is 22.5. The van der Waals surface area contributed by atoms with Gasteiger partial charge in [-0.3, -0.25) is 4.79 Å². The fourth-order valence-corrected chi connectivity index (χ4v) is 1.60. The number of nitrogens with one attached hydrogen (secondary N) is 1. The summed E-state index contributed by atoms with van der Waals surface area (Å²) >= 11 is 11.6. The Hall–Kier alpha value is -1.26. The van der Waals surface area contributed by atoms with Crippen LogP contribution in [0.3, 0.4) is 0 Å². The van der Waals surface area contributed by atoms with E-state index in [1.54, 1.807) is 18.2 Å². The molecule has 0 fully saturated rings. The van der Waals surface area contributed by atoms with Crippen molar-refractivity contribution >= 4 is 35.1 Å². The van der Waals surface area contributed by atoms with Crippen molar-refractivity contribution in [2.24, 2.45) is 0 Å². The highest BCUT2D eigenvalue weighted by Crippen LogP contribution is 2.22. The monoisotopic (exact) mass is 289 g/mol. The summed E-state index contributed by atoms with van der Waals surface area (Å²) in [6.45, 7) is 2.84. The van der Waals surface area contributed by atoms with Crippen LogP contribution in [0.2, 0.25) is 10.0 Å². The summed E-state index contributed by atoms with van der Waals surface area (Å²) < 4.78 is 0. The van der Waals surface area contributed by atoms with E-state index in [0.717, 1.165) is 0 Å². The second-order valence-corrected chi connectivity index (χ2v) is 5.22. The summed E-state index contributed by atoms with van der Waals surface area (Å²) in [5, 5.41) is 12.1. The highest BCUT2D eigenvalue weighted by Gasteiger charge is 2.28. The van der Waals surface area contributed by atoms with Crippen molar-refractivity contribution < 1.29 is 14.7 Å². The zero-order valence-electron chi connectivity index (χ0n) is 9.96. The Labute approximate surface area is 115 Å². The maximum Gasteiger partial charge on any atom is 0.328 e. The van der Waals surface area contributed by atoms with Gasteiger partial charge in [0.2, 0.25) is 5.91 Å². The Kier molecular flexibility index (Phi) is 4.59. The molecule has 98 valence electrons. The first-order chi connectivity index (χ1) is 8.22. The number of rotatable bonds is 4. The van der Waals surface area contributed by atoms with Crippen molar-refractivity contribution in [2.45, 2.75) is 25.8 Å². The molecule has 0 radical (unpaired) electrons. The molecule has 1 aromatic rings. The van der Waals surface area contributed by atoms with E-state index in [1.165, 1.54) is 13.8 Å². The molecule has 0 heterocycles. The fraction of sp³-hybridized carbons (Fsp3) is 0.333. The molecule has 6 heteroatoms. The van der Waals surface area contributed by atoms with Crippen LogP contribution in [0.5, 0.6) is 0 Å². The van der Waals surface area contributed by atoms with E-state index in [2.05, 4.69) is 5.32 Å². The van der Waals surface area contributed by atoms with Gasteiger partial charge < -0.3 is 10.4 Å². The standard InChI is InChI=1S/C12H13Cl2NO3/c1-12(2,11(17)18)15-10(16)6-7-3-4-8(13)9(14)5-7/h3-5H,6H2,1-2H3,(H,15,16)(H,17,18). The van der Waals surface area contributed by atoms with E-state index in [0.29, 0.717) is 15.6 Å². The Bertz CT molecular complexity index is 486. The van der Waals surface area contributed by atoms with Gasteiger partial charge in [0.25, 0.3) is 0 Å². The number of hydrogen-bond donors (Lipinski definition) is 2. The second kappa shape index (κ2) is 5.59. The third kappa shape index (κ3) is 3.89. The lowest BCUT2D eigenvalue weighted by molar-refractivity contribution is -0.145. The van der Waals surface area contributed by atoms with Gasteiger partial charge in [0.15, 0.2) is 0 Å². The number of benzene rings is 1. The van der Waals surface area contributed by atoms with Crippen LogP contribution in [-0.4, -0.2) is 22.5 Å². The van der Waals surface area contributed by atoms with Gasteiger partial charge in [-0.1, -0.05) is 29.3 Å². The van der Waals surface area contributed by atoms with Gasteiger partial charge in [-0.05, 0) is 31.5 Å². The number of halogens is 2. The van der Waals surface area contributed by atoms with Crippen molar-refractivity contribution in [3.05, 3.63) is 33.8 Å². The zero-order valence-corrected chi connectivity index (χ0v) is 11.5. The van der Waals surface area contributed by atoms with Crippen molar-refractivity contribution in [2.75, 3.05) is 0 Å². The molecule has 0 aromatic heterocycles. The lowest BCUT2D eigenvalue weighted by Gasteiger charge is -2.20. The fourth-order valence-electron chi connectivity index (χ4n) is 1.28. The molecule has 0 aliphatic carbocycles. The average Bonchev–Trinajstić information content (AvgIpc) is 2.22. The Morgan fingerprint density at radius 1 is 1.28 bits per heavy atom. The minimum Gasteiger partial charge on any atom is -0.480 e. The quantitative estimate of drug-likeness (QED) is 0.895. The number of carbonyl (C=O) groups excluding carboxylic acids is 1. The molecule has 0 saturated heterocycles. The van der Waals surface area contributed by atoms with E-state index >= 15 is 0 Å². The van der Waals surface area contributed by atoms with Crippen molar-refractivity contribution in [3.8, 4) is 0 Å². The summed E-state index contributed by atoms with van der Waals surface area (Å²) in [6, 6.07) is 4.84. The molecule has 1 amide bonds. The lowest BCUT2D eigenvalue weighted by Crippen LogP contribution is -2.50. The first-order valence-electron chi connectivity index (χ1n) is 5.20. The van der Waals surface area contributed by atoms with Crippen LogP contribution < -0.4 is 5.32 Å². The van der Waals surface area contributed by atoms with Crippen LogP contribution in [0.1, 0.15) is 19.4 Å². The number of hydrogen-bond acceptors (Lipinski definition) is 2. The summed E-state index contributed by atoms with van der Waals surface area (Å²) in [5.41, 5.74) is -0.629. The summed E-state index contributed by atoms with van der Waals surface area (Å²) in [6.07, 6.45) is 0.0492. The number of carboxylic acid groups (broad SMARTS) is 1. The van der Waals surface area contributed by atoms with E-state index in [-0.39, 0.29) is 12.3 Å². The summed E-state index contributed by atoms with van der Waals surface area (Å²) in [5.74, 6) is -1.48. The average molecular weight is 290 g/mol. The normalized spacial score (nSPS) is 11.1. The van der Waals surface area contributed by atoms with E-state index in [1.807, 2.05) is 0 Å². The van der Waals surface area contributed by atoms with E-state index < -0.39 is 11.5 Å². The van der Waals surface area contributed by atoms with Crippen LogP contribution >= 0.6 is 23.2 Å². The largest absolute Gasteiger partial charge is 0.480 e. The number of carbonyl (C=O) groups is 2. The first-order valence-corrected chi connectivity index (χ1v) is 5.96. The van der Waals surface area contributed by atoms with Crippen LogP contribution in [-0.2, 0) is 16.0 Å². The summed E-state index contributed by atoms with van der Waals surface area (Å²) in [7, 11) is 0. The van der Waals surface area contributed by atoms with Crippen molar-refractivity contribution in [3.63, 3.8) is 0 Å². The minimum atomic E-state index is -1.30. The molecule has 0 atom stereocenters. The van der Waals surface area contributed by atoms with Gasteiger partial charge in [-0.25, -0.2) is 4.79 Å². The first kappa shape index (κ1) is 14.8. The highest BCUT2D eigenvalue weighted by atomic mass is 35.5. The number of aliphatic carboxylic acids is 1. The zero-order chi connectivity index (χ0) is 13.9. The van der Waals surface area contributed by atoms with Crippen LogP contribution in [0.25, 0.3) is 0 Å². The third-order valence-corrected chi connectivity index (χ3v) is 3.07. The number of carboxylic acids is 1. The molecule has 1 aromatic carbocycles. The maximum atomic E-state index is 11.7. The topological polar surface area (TPSA) is 66.4 Å². The van der Waals surface area contributed by atoms with Gasteiger partial charge in [-0.15, -0.1) is 0 Å². The van der Waals surface area contributed by atoms with E-state index in [9.17, 15) is 9.59 Å². The van der Waals surface area contributed by atoms with Crippen LogP contribution in [0.15, 0.2) is 18.2 Å². The Morgan fingerprint density at radius 2 is 1.89 bits per heavy atom. The van der Waals surface area contributed by atoms with Crippen LogP contribution in [0.4, 0.5) is 0 Å². The van der Waals surface area contributed by atoms with Gasteiger partial charge in [0.1, 0.15) is 5.54 Å². The molecule has 4 nitrogen and oxygen atoms in total. The SMILES string of the molecule is CC(C)(NC(=O)Cc1ccc(Cl)c(Cl)c1)C(=O)O. The van der Waals surface area contributed by atoms with Crippen molar-refractivity contribution in [1.82, 2.24) is 5.32 Å². The molecule has 0 aliphatic heterocycles. The predicted octanol–water partition coefficient (Wildman–Crippen LogP) is 2.52. The molecule has 0 unspecified atom stereocenters. The van der Waals surface area contributed by atoms with Gasteiger partial charge in [-0.2, -0.15) is 0 Å². The second-order valence-electron chi connectivity index (χ2n) is 4.40. The molecule has 1 rings (SSSR count). The molecule has 18 heavy (non-hydrogen) atoms.